The second kappa shape index (κ2) is 5.59. The van der Waals surface area contributed by atoms with Crippen LogP contribution in [-0.4, -0.2) is 55.5 Å². The molecule has 1 aromatic rings. The van der Waals surface area contributed by atoms with Crippen LogP contribution in [-0.2, 0) is 10.0 Å². The van der Waals surface area contributed by atoms with Crippen LogP contribution >= 0.6 is 0 Å². The molecule has 2 fully saturated rings. The molecular formula is C15H22N2O3S. The van der Waals surface area contributed by atoms with Crippen molar-refractivity contribution in [3.8, 4) is 5.75 Å². The molecule has 3 rings (SSSR count). The second-order valence-electron chi connectivity index (χ2n) is 6.10. The summed E-state index contributed by atoms with van der Waals surface area (Å²) in [5.74, 6) is 0.410. The van der Waals surface area contributed by atoms with Crippen molar-refractivity contribution in [2.45, 2.75) is 30.2 Å². The second-order valence-corrected chi connectivity index (χ2v) is 8.04. The highest BCUT2D eigenvalue weighted by Gasteiger charge is 2.38. The minimum Gasteiger partial charge on any atom is -0.508 e. The monoisotopic (exact) mass is 310 g/mol. The Labute approximate surface area is 126 Å². The highest BCUT2D eigenvalue weighted by molar-refractivity contribution is 7.89. The number of phenolic OH excluding ortho intramolecular Hbond substituents is 1. The maximum Gasteiger partial charge on any atom is 0.243 e. The van der Waals surface area contributed by atoms with Crippen molar-refractivity contribution in [2.24, 2.45) is 5.92 Å². The van der Waals surface area contributed by atoms with Gasteiger partial charge in [-0.15, -0.1) is 0 Å². The zero-order valence-corrected chi connectivity index (χ0v) is 13.1. The average Bonchev–Trinajstić information content (AvgIpc) is 2.47. The van der Waals surface area contributed by atoms with Crippen LogP contribution in [0.4, 0.5) is 0 Å². The third-order valence-corrected chi connectivity index (χ3v) is 6.62. The molecule has 0 saturated carbocycles. The van der Waals surface area contributed by atoms with E-state index in [2.05, 4.69) is 11.9 Å². The molecule has 1 N–H and O–H groups in total. The summed E-state index contributed by atoms with van der Waals surface area (Å²) in [6.07, 6.45) is 3.12. The molecule has 0 bridgehead atoms. The van der Waals surface area contributed by atoms with Crippen molar-refractivity contribution < 1.29 is 13.5 Å². The summed E-state index contributed by atoms with van der Waals surface area (Å²) >= 11 is 0. The number of piperidine rings is 2. The van der Waals surface area contributed by atoms with Crippen molar-refractivity contribution in [3.63, 3.8) is 0 Å². The molecular weight excluding hydrogens is 288 g/mol. The van der Waals surface area contributed by atoms with Crippen molar-refractivity contribution in [2.75, 3.05) is 26.7 Å². The average molecular weight is 310 g/mol. The summed E-state index contributed by atoms with van der Waals surface area (Å²) in [5.41, 5.74) is 0. The van der Waals surface area contributed by atoms with Gasteiger partial charge in [0.15, 0.2) is 0 Å². The number of rotatable bonds is 2. The first-order chi connectivity index (χ1) is 9.98. The molecule has 2 aliphatic rings. The Bertz CT molecular complexity index is 617. The molecule has 2 heterocycles. The van der Waals surface area contributed by atoms with E-state index in [1.807, 2.05) is 0 Å². The molecule has 0 radical (unpaired) electrons. The van der Waals surface area contributed by atoms with E-state index in [1.165, 1.54) is 12.1 Å². The predicted molar refractivity (Wildman–Crippen MR) is 80.6 cm³/mol. The summed E-state index contributed by atoms with van der Waals surface area (Å²) in [7, 11) is -1.36. The number of benzene rings is 1. The van der Waals surface area contributed by atoms with Gasteiger partial charge >= 0.3 is 0 Å². The van der Waals surface area contributed by atoms with Gasteiger partial charge in [-0.1, -0.05) is 6.07 Å². The quantitative estimate of drug-likeness (QED) is 0.899. The fraction of sp³-hybridized carbons (Fsp3) is 0.600. The van der Waals surface area contributed by atoms with E-state index in [0.29, 0.717) is 25.0 Å². The lowest BCUT2D eigenvalue weighted by molar-refractivity contribution is 0.0671. The smallest absolute Gasteiger partial charge is 0.243 e. The standard InChI is InChI=1S/C15H22N2O3S/c1-16-8-3-4-12-11-17(9-7-15(12)16)21(19,20)14-6-2-5-13(18)10-14/h2,5-6,10,12,15,18H,3-4,7-9,11H2,1H3. The topological polar surface area (TPSA) is 60.9 Å². The molecule has 116 valence electrons. The van der Waals surface area contributed by atoms with Gasteiger partial charge in [-0.05, 0) is 57.0 Å². The Morgan fingerprint density at radius 2 is 2.05 bits per heavy atom. The molecule has 21 heavy (non-hydrogen) atoms. The minimum absolute atomic E-state index is 0.0108. The first kappa shape index (κ1) is 14.8. The molecule has 0 aromatic heterocycles. The number of hydrogen-bond donors (Lipinski definition) is 1. The van der Waals surface area contributed by atoms with Gasteiger partial charge in [0.1, 0.15) is 5.75 Å². The fourth-order valence-corrected chi connectivity index (χ4v) is 5.18. The first-order valence-corrected chi connectivity index (χ1v) is 8.92. The summed E-state index contributed by atoms with van der Waals surface area (Å²) < 4.78 is 27.0. The molecule has 2 unspecified atom stereocenters. The molecule has 5 nitrogen and oxygen atoms in total. The van der Waals surface area contributed by atoms with Gasteiger partial charge in [-0.25, -0.2) is 8.42 Å². The summed E-state index contributed by atoms with van der Waals surface area (Å²) in [4.78, 5) is 2.55. The van der Waals surface area contributed by atoms with Gasteiger partial charge in [0.2, 0.25) is 10.0 Å². The Morgan fingerprint density at radius 1 is 1.24 bits per heavy atom. The number of fused-ring (bicyclic) bond motifs is 1. The fourth-order valence-electron chi connectivity index (χ4n) is 3.63. The van der Waals surface area contributed by atoms with Crippen LogP contribution in [0.25, 0.3) is 0 Å². The summed E-state index contributed by atoms with van der Waals surface area (Å²) in [6, 6.07) is 6.45. The van der Waals surface area contributed by atoms with Crippen LogP contribution in [0.2, 0.25) is 0 Å². The minimum atomic E-state index is -3.50. The molecule has 6 heteroatoms. The van der Waals surface area contributed by atoms with Crippen LogP contribution < -0.4 is 0 Å². The van der Waals surface area contributed by atoms with Crippen molar-refractivity contribution in [3.05, 3.63) is 24.3 Å². The van der Waals surface area contributed by atoms with Gasteiger partial charge < -0.3 is 10.0 Å². The molecule has 0 spiro atoms. The van der Waals surface area contributed by atoms with Crippen molar-refractivity contribution in [1.29, 1.82) is 0 Å². The SMILES string of the molecule is CN1CCCC2CN(S(=O)(=O)c3cccc(O)c3)CCC21. The Kier molecular flexibility index (Phi) is 3.94. The maximum atomic E-state index is 12.7. The van der Waals surface area contributed by atoms with Crippen LogP contribution in [0.1, 0.15) is 19.3 Å². The number of aromatic hydroxyl groups is 1. The van der Waals surface area contributed by atoms with Crippen LogP contribution in [0.3, 0.4) is 0 Å². The van der Waals surface area contributed by atoms with Crippen LogP contribution in [0.15, 0.2) is 29.2 Å². The number of phenols is 1. The zero-order valence-electron chi connectivity index (χ0n) is 12.3. The lowest BCUT2D eigenvalue weighted by Gasteiger charge is -2.45. The molecule has 0 amide bonds. The molecule has 2 saturated heterocycles. The molecule has 1 aromatic carbocycles. The Balaban J connectivity index is 1.81. The van der Waals surface area contributed by atoms with Gasteiger partial charge in [0.05, 0.1) is 4.90 Å². The van der Waals surface area contributed by atoms with E-state index in [9.17, 15) is 13.5 Å². The van der Waals surface area contributed by atoms with E-state index in [-0.39, 0.29) is 10.6 Å². The predicted octanol–water partition coefficient (Wildman–Crippen LogP) is 1.50. The largest absolute Gasteiger partial charge is 0.508 e. The van der Waals surface area contributed by atoms with Crippen molar-refractivity contribution in [1.82, 2.24) is 9.21 Å². The number of nitrogens with zero attached hydrogens (tertiary/aromatic N) is 2. The van der Waals surface area contributed by atoms with E-state index < -0.39 is 10.0 Å². The van der Waals surface area contributed by atoms with E-state index >= 15 is 0 Å². The third-order valence-electron chi connectivity index (χ3n) is 4.76. The number of likely N-dealkylation sites (tertiary alicyclic amines) is 1. The normalized spacial score (nSPS) is 28.2. The lowest BCUT2D eigenvalue weighted by atomic mass is 9.85. The number of sulfonamides is 1. The van der Waals surface area contributed by atoms with Crippen LogP contribution in [0.5, 0.6) is 5.75 Å². The lowest BCUT2D eigenvalue weighted by Crippen LogP contribution is -2.53. The molecule has 2 aliphatic heterocycles. The van der Waals surface area contributed by atoms with E-state index in [1.54, 1.807) is 16.4 Å². The Morgan fingerprint density at radius 3 is 2.81 bits per heavy atom. The zero-order chi connectivity index (χ0) is 15.0. The van der Waals surface area contributed by atoms with Gasteiger partial charge in [-0.3, -0.25) is 0 Å². The van der Waals surface area contributed by atoms with Gasteiger partial charge in [0, 0.05) is 19.1 Å². The summed E-state index contributed by atoms with van der Waals surface area (Å²) in [6.45, 7) is 2.26. The molecule has 2 atom stereocenters. The van der Waals surface area contributed by atoms with Crippen molar-refractivity contribution >= 4 is 10.0 Å². The maximum absolute atomic E-state index is 12.7. The van der Waals surface area contributed by atoms with E-state index in [0.717, 1.165) is 25.8 Å². The highest BCUT2D eigenvalue weighted by atomic mass is 32.2. The third kappa shape index (κ3) is 2.80. The van der Waals surface area contributed by atoms with E-state index in [4.69, 9.17) is 0 Å². The summed E-state index contributed by atoms with van der Waals surface area (Å²) in [5, 5.41) is 9.51. The van der Waals surface area contributed by atoms with Crippen LogP contribution in [0, 0.1) is 5.92 Å². The molecule has 0 aliphatic carbocycles. The van der Waals surface area contributed by atoms with Gasteiger partial charge in [-0.2, -0.15) is 4.31 Å². The Hall–Kier alpha value is -1.11. The first-order valence-electron chi connectivity index (χ1n) is 7.48. The highest BCUT2D eigenvalue weighted by Crippen LogP contribution is 2.32. The van der Waals surface area contributed by atoms with Gasteiger partial charge in [0.25, 0.3) is 0 Å². The number of hydrogen-bond acceptors (Lipinski definition) is 4.